The summed E-state index contributed by atoms with van der Waals surface area (Å²) in [4.78, 5) is -0.432. The first kappa shape index (κ1) is 25.6. The molecule has 0 radical (unpaired) electrons. The zero-order valence-corrected chi connectivity index (χ0v) is 23.2. The van der Waals surface area contributed by atoms with Crippen LogP contribution in [0.3, 0.4) is 0 Å². The van der Waals surface area contributed by atoms with E-state index in [2.05, 4.69) is 41.5 Å². The molecule has 32 heavy (non-hydrogen) atoms. The van der Waals surface area contributed by atoms with E-state index in [0.29, 0.717) is 17.8 Å². The van der Waals surface area contributed by atoms with Gasteiger partial charge in [-0.3, -0.25) is 0 Å². The van der Waals surface area contributed by atoms with Crippen LogP contribution in [-0.4, -0.2) is 21.5 Å². The molecule has 0 aromatic carbocycles. The second-order valence-corrected chi connectivity index (χ2v) is 14.7. The molecule has 0 aliphatic heterocycles. The Morgan fingerprint density at radius 1 is 0.969 bits per heavy atom. The molecular formula is C29H50Cl2O. The van der Waals surface area contributed by atoms with Crippen LogP contribution in [0, 0.1) is 52.3 Å². The molecule has 0 amide bonds. The summed E-state index contributed by atoms with van der Waals surface area (Å²) in [6.45, 7) is 14.8. The molecule has 4 aliphatic rings. The predicted octanol–water partition coefficient (Wildman–Crippen LogP) is 8.68. The van der Waals surface area contributed by atoms with Gasteiger partial charge in [0.05, 0.1) is 16.4 Å². The van der Waals surface area contributed by atoms with Crippen molar-refractivity contribution in [3.63, 3.8) is 0 Å². The normalized spacial score (nSPS) is 50.4. The average Bonchev–Trinajstić information content (AvgIpc) is 3.08. The zero-order chi connectivity index (χ0) is 23.5. The summed E-state index contributed by atoms with van der Waals surface area (Å²) >= 11 is 14.5. The largest absolute Gasteiger partial charge is 0.393 e. The van der Waals surface area contributed by atoms with Crippen LogP contribution in [0.2, 0.25) is 0 Å². The quantitative estimate of drug-likeness (QED) is 0.373. The molecule has 0 aromatic heterocycles. The third kappa shape index (κ3) is 3.91. The summed E-state index contributed by atoms with van der Waals surface area (Å²) in [5.74, 6) is 5.61. The van der Waals surface area contributed by atoms with Gasteiger partial charge in [0, 0.05) is 0 Å². The number of halogens is 2. The lowest BCUT2D eigenvalue weighted by Crippen LogP contribution is -2.64. The number of alkyl halides is 2. The molecule has 0 heterocycles. The van der Waals surface area contributed by atoms with Crippen molar-refractivity contribution in [2.75, 3.05) is 0 Å². The van der Waals surface area contributed by atoms with E-state index in [1.54, 1.807) is 0 Å². The van der Waals surface area contributed by atoms with E-state index in [9.17, 15) is 5.11 Å². The van der Waals surface area contributed by atoms with Crippen LogP contribution in [0.1, 0.15) is 112 Å². The first-order valence-electron chi connectivity index (χ1n) is 14.0. The summed E-state index contributed by atoms with van der Waals surface area (Å²) in [5.41, 5.74) is 0.549. The van der Waals surface area contributed by atoms with E-state index in [0.717, 1.165) is 54.8 Å². The van der Waals surface area contributed by atoms with Crippen LogP contribution in [0.4, 0.5) is 0 Å². The molecule has 0 spiro atoms. The molecule has 0 saturated heterocycles. The molecule has 1 N–H and O–H groups in total. The Kier molecular flexibility index (Phi) is 7.37. The number of aliphatic hydroxyl groups is 1. The van der Waals surface area contributed by atoms with E-state index in [-0.39, 0.29) is 16.9 Å². The highest BCUT2D eigenvalue weighted by Gasteiger charge is 2.67. The second kappa shape index (κ2) is 9.20. The SMILES string of the molecule is CC[C@@H](CC[C@@H](C)[C@H]1CC[C@H]2[C@@H]3C[C@@H](Cl)[C@@]4(Cl)C[C@@H](O)CC[C@]4(C)[C@H]3CC[C@]12C)C(C)C. The summed E-state index contributed by atoms with van der Waals surface area (Å²) in [6.07, 6.45) is 13.0. The molecule has 1 nitrogen and oxygen atoms in total. The molecule has 0 bridgehead atoms. The van der Waals surface area contributed by atoms with Crippen molar-refractivity contribution < 1.29 is 5.11 Å². The Morgan fingerprint density at radius 3 is 2.34 bits per heavy atom. The van der Waals surface area contributed by atoms with Crippen LogP contribution in [0.15, 0.2) is 0 Å². The summed E-state index contributed by atoms with van der Waals surface area (Å²) in [7, 11) is 0. The van der Waals surface area contributed by atoms with E-state index in [1.807, 2.05) is 0 Å². The first-order valence-corrected chi connectivity index (χ1v) is 14.8. The third-order valence-corrected chi connectivity index (χ3v) is 13.4. The van der Waals surface area contributed by atoms with Crippen LogP contribution < -0.4 is 0 Å². The fraction of sp³-hybridized carbons (Fsp3) is 1.00. The van der Waals surface area contributed by atoms with E-state index in [1.165, 1.54) is 44.9 Å². The van der Waals surface area contributed by atoms with Gasteiger partial charge in [0.15, 0.2) is 0 Å². The third-order valence-electron chi connectivity index (χ3n) is 11.9. The Balaban J connectivity index is 1.51. The van der Waals surface area contributed by atoms with Crippen LogP contribution >= 0.6 is 23.2 Å². The maximum Gasteiger partial charge on any atom is 0.0690 e. The van der Waals surface area contributed by atoms with Gasteiger partial charge >= 0.3 is 0 Å². The standard InChI is InChI=1S/C29H50Cl2O/c1-7-20(18(2)3)9-8-19(4)23-10-11-24-22-16-26(30)29(31)17-21(32)12-15-28(29,6)25(22)13-14-27(23,24)5/h18-26,32H,7-17H2,1-6H3/t19-,20+,21+,22+,23-,24+,25+,26-,27-,28-,29+/m1/s1. The molecule has 0 unspecified atom stereocenters. The highest BCUT2D eigenvalue weighted by Crippen LogP contribution is 2.71. The zero-order valence-electron chi connectivity index (χ0n) is 21.7. The molecule has 3 heteroatoms. The smallest absolute Gasteiger partial charge is 0.0690 e. The van der Waals surface area contributed by atoms with Gasteiger partial charge < -0.3 is 5.11 Å². The Labute approximate surface area is 208 Å². The second-order valence-electron chi connectivity index (χ2n) is 13.5. The van der Waals surface area contributed by atoms with Gasteiger partial charge in [-0.25, -0.2) is 0 Å². The number of fused-ring (bicyclic) bond motifs is 5. The van der Waals surface area contributed by atoms with Gasteiger partial charge in [-0.15, -0.1) is 23.2 Å². The van der Waals surface area contributed by atoms with Gasteiger partial charge in [-0.05, 0) is 110 Å². The summed E-state index contributed by atoms with van der Waals surface area (Å²) in [6, 6.07) is 0. The lowest BCUT2D eigenvalue weighted by atomic mass is 9.44. The summed E-state index contributed by atoms with van der Waals surface area (Å²) < 4.78 is 0. The van der Waals surface area contributed by atoms with Crippen LogP contribution in [-0.2, 0) is 0 Å². The lowest BCUT2D eigenvalue weighted by molar-refractivity contribution is -0.117. The molecule has 11 atom stereocenters. The molecule has 4 aliphatic carbocycles. The average molecular weight is 486 g/mol. The maximum absolute atomic E-state index is 10.4. The van der Waals surface area contributed by atoms with Gasteiger partial charge in [0.25, 0.3) is 0 Å². The summed E-state index contributed by atoms with van der Waals surface area (Å²) in [5, 5.41) is 10.4. The van der Waals surface area contributed by atoms with Crippen molar-refractivity contribution in [2.24, 2.45) is 52.3 Å². The number of aliphatic hydroxyl groups excluding tert-OH is 1. The van der Waals surface area contributed by atoms with Crippen molar-refractivity contribution >= 4 is 23.2 Å². The Morgan fingerprint density at radius 2 is 1.69 bits per heavy atom. The predicted molar refractivity (Wildman–Crippen MR) is 138 cm³/mol. The van der Waals surface area contributed by atoms with Crippen LogP contribution in [0.5, 0.6) is 0 Å². The van der Waals surface area contributed by atoms with Crippen molar-refractivity contribution in [3.8, 4) is 0 Å². The molecular weight excluding hydrogens is 435 g/mol. The van der Waals surface area contributed by atoms with Crippen molar-refractivity contribution in [1.82, 2.24) is 0 Å². The molecule has 4 saturated carbocycles. The van der Waals surface area contributed by atoms with E-state index in [4.69, 9.17) is 23.2 Å². The number of hydrogen-bond donors (Lipinski definition) is 1. The van der Waals surface area contributed by atoms with E-state index >= 15 is 0 Å². The van der Waals surface area contributed by atoms with E-state index < -0.39 is 4.87 Å². The highest BCUT2D eigenvalue weighted by atomic mass is 35.5. The van der Waals surface area contributed by atoms with Gasteiger partial charge in [-0.2, -0.15) is 0 Å². The Hall–Kier alpha value is 0.540. The molecule has 0 aromatic rings. The first-order chi connectivity index (χ1) is 15.0. The lowest BCUT2D eigenvalue weighted by Gasteiger charge is -2.65. The Bertz CT molecular complexity index is 666. The van der Waals surface area contributed by atoms with Crippen molar-refractivity contribution in [2.45, 2.75) is 129 Å². The van der Waals surface area contributed by atoms with Gasteiger partial charge in [0.2, 0.25) is 0 Å². The topological polar surface area (TPSA) is 20.2 Å². The van der Waals surface area contributed by atoms with Gasteiger partial charge in [0.1, 0.15) is 0 Å². The monoisotopic (exact) mass is 484 g/mol. The fourth-order valence-electron chi connectivity index (χ4n) is 9.83. The minimum atomic E-state index is -0.432. The molecule has 4 rings (SSSR count). The minimum Gasteiger partial charge on any atom is -0.393 e. The van der Waals surface area contributed by atoms with Crippen molar-refractivity contribution in [1.29, 1.82) is 0 Å². The van der Waals surface area contributed by atoms with Crippen LogP contribution in [0.25, 0.3) is 0 Å². The number of rotatable bonds is 6. The van der Waals surface area contributed by atoms with Gasteiger partial charge in [-0.1, -0.05) is 54.4 Å². The number of hydrogen-bond acceptors (Lipinski definition) is 1. The maximum atomic E-state index is 10.4. The minimum absolute atomic E-state index is 0.0134. The highest BCUT2D eigenvalue weighted by molar-refractivity contribution is 6.33. The molecule has 4 fully saturated rings. The fourth-order valence-corrected chi connectivity index (χ4v) is 10.9. The molecule has 186 valence electrons. The van der Waals surface area contributed by atoms with Crippen molar-refractivity contribution in [3.05, 3.63) is 0 Å².